The average Bonchev–Trinajstić information content (AvgIpc) is 3.17. The molecule has 0 radical (unpaired) electrons. The summed E-state index contributed by atoms with van der Waals surface area (Å²) in [4.78, 5) is 26.4. The molecule has 0 aliphatic carbocycles. The molecule has 0 spiro atoms. The van der Waals surface area contributed by atoms with E-state index in [1.165, 1.54) is 12.8 Å². The monoisotopic (exact) mass is 407 g/mol. The number of nitrogens with zero attached hydrogens (tertiary/aromatic N) is 1. The van der Waals surface area contributed by atoms with Crippen molar-refractivity contribution in [2.24, 2.45) is 5.92 Å². The van der Waals surface area contributed by atoms with Crippen molar-refractivity contribution in [3.05, 3.63) is 30.3 Å². The number of hydrogen-bond acceptors (Lipinski definition) is 4. The molecule has 3 saturated heterocycles. The van der Waals surface area contributed by atoms with E-state index in [2.05, 4.69) is 10.6 Å². The summed E-state index contributed by atoms with van der Waals surface area (Å²) in [5.41, 5.74) is 0. The van der Waals surface area contributed by atoms with E-state index in [0.717, 1.165) is 18.6 Å². The maximum atomic E-state index is 12.4. The van der Waals surface area contributed by atoms with Gasteiger partial charge in [0.1, 0.15) is 12.4 Å². The molecule has 7 heteroatoms. The Balaban J connectivity index is 0.00000225. The van der Waals surface area contributed by atoms with Crippen LogP contribution in [-0.4, -0.2) is 54.5 Å². The third-order valence-electron chi connectivity index (χ3n) is 6.00. The summed E-state index contributed by atoms with van der Waals surface area (Å²) in [6.07, 6.45) is 5.71. The van der Waals surface area contributed by atoms with Gasteiger partial charge in [0.2, 0.25) is 11.8 Å². The fourth-order valence-corrected chi connectivity index (χ4v) is 4.77. The van der Waals surface area contributed by atoms with Crippen LogP contribution < -0.4 is 15.4 Å². The second kappa shape index (κ2) is 9.61. The number of para-hydroxylation sites is 1. The quantitative estimate of drug-likeness (QED) is 0.726. The molecule has 1 aromatic carbocycles. The molecule has 0 aromatic heterocycles. The number of rotatable bonds is 7. The number of hydrogen-bond donors (Lipinski definition) is 2. The van der Waals surface area contributed by atoms with Gasteiger partial charge in [-0.05, 0) is 43.7 Å². The van der Waals surface area contributed by atoms with E-state index in [4.69, 9.17) is 4.74 Å². The van der Waals surface area contributed by atoms with Crippen molar-refractivity contribution in [3.63, 3.8) is 0 Å². The summed E-state index contributed by atoms with van der Waals surface area (Å²) in [6, 6.07) is 10.7. The van der Waals surface area contributed by atoms with E-state index >= 15 is 0 Å². The number of nitrogens with one attached hydrogen (secondary N) is 2. The lowest BCUT2D eigenvalue weighted by Gasteiger charge is -2.29. The van der Waals surface area contributed by atoms with Crippen molar-refractivity contribution in [2.75, 3.05) is 19.7 Å². The lowest BCUT2D eigenvalue weighted by atomic mass is 9.89. The number of carbonyl (C=O) groups excluding carboxylic acids is 2. The number of ether oxygens (including phenoxy) is 1. The van der Waals surface area contributed by atoms with Gasteiger partial charge in [0, 0.05) is 31.5 Å². The molecule has 3 aliphatic heterocycles. The smallest absolute Gasteiger partial charge is 0.224 e. The van der Waals surface area contributed by atoms with Crippen molar-refractivity contribution in [3.8, 4) is 5.75 Å². The summed E-state index contributed by atoms with van der Waals surface area (Å²) < 4.78 is 5.67. The third kappa shape index (κ3) is 5.39. The normalized spacial score (nSPS) is 28.7. The number of benzene rings is 1. The van der Waals surface area contributed by atoms with E-state index in [9.17, 15) is 9.59 Å². The Morgan fingerprint density at radius 2 is 1.89 bits per heavy atom. The lowest BCUT2D eigenvalue weighted by molar-refractivity contribution is -0.128. The topological polar surface area (TPSA) is 70.7 Å². The number of amides is 2. The first kappa shape index (κ1) is 20.9. The van der Waals surface area contributed by atoms with Crippen LogP contribution in [0.25, 0.3) is 0 Å². The molecule has 2 N–H and O–H groups in total. The van der Waals surface area contributed by atoms with E-state index in [-0.39, 0.29) is 30.3 Å². The Kier molecular flexibility index (Phi) is 7.18. The zero-order chi connectivity index (χ0) is 18.6. The SMILES string of the molecule is Cl.O=C(CC1CC2CCC(C1)N2)NC1CC(=O)N(CCOc2ccccc2)C1. The number of likely N-dealkylation sites (tertiary alicyclic amines) is 1. The first-order chi connectivity index (χ1) is 13.2. The van der Waals surface area contributed by atoms with Crippen LogP contribution in [0.15, 0.2) is 30.3 Å². The second-order valence-corrected chi connectivity index (χ2v) is 8.15. The van der Waals surface area contributed by atoms with Gasteiger partial charge in [-0.1, -0.05) is 18.2 Å². The molecule has 2 amide bonds. The lowest BCUT2D eigenvalue weighted by Crippen LogP contribution is -2.42. The minimum Gasteiger partial charge on any atom is -0.492 e. The predicted octanol–water partition coefficient (Wildman–Crippen LogP) is 2.12. The molecule has 3 atom stereocenters. The van der Waals surface area contributed by atoms with Crippen LogP contribution in [-0.2, 0) is 9.59 Å². The van der Waals surface area contributed by atoms with Gasteiger partial charge in [0.05, 0.1) is 12.6 Å². The zero-order valence-corrected chi connectivity index (χ0v) is 17.0. The molecule has 3 aliphatic rings. The first-order valence-electron chi connectivity index (χ1n) is 10.2. The largest absolute Gasteiger partial charge is 0.492 e. The first-order valence-corrected chi connectivity index (χ1v) is 10.2. The fourth-order valence-electron chi connectivity index (χ4n) is 4.77. The van der Waals surface area contributed by atoms with Gasteiger partial charge in [-0.25, -0.2) is 0 Å². The third-order valence-corrected chi connectivity index (χ3v) is 6.00. The van der Waals surface area contributed by atoms with Gasteiger partial charge >= 0.3 is 0 Å². The highest BCUT2D eigenvalue weighted by Crippen LogP contribution is 2.32. The van der Waals surface area contributed by atoms with Gasteiger partial charge < -0.3 is 20.3 Å². The fraction of sp³-hybridized carbons (Fsp3) is 0.619. The molecule has 1 aromatic rings. The Morgan fingerprint density at radius 3 is 2.61 bits per heavy atom. The number of carbonyl (C=O) groups is 2. The summed E-state index contributed by atoms with van der Waals surface area (Å²) in [5, 5.41) is 6.70. The highest BCUT2D eigenvalue weighted by molar-refractivity contribution is 5.85. The number of piperidine rings is 1. The van der Waals surface area contributed by atoms with Crippen LogP contribution >= 0.6 is 12.4 Å². The van der Waals surface area contributed by atoms with Crippen LogP contribution in [0, 0.1) is 5.92 Å². The average molecular weight is 408 g/mol. The van der Waals surface area contributed by atoms with E-state index in [0.29, 0.717) is 50.5 Å². The molecule has 3 heterocycles. The molecule has 3 fully saturated rings. The summed E-state index contributed by atoms with van der Waals surface area (Å²) in [7, 11) is 0. The Morgan fingerprint density at radius 1 is 1.18 bits per heavy atom. The molecule has 3 unspecified atom stereocenters. The molecule has 28 heavy (non-hydrogen) atoms. The molecule has 6 nitrogen and oxygen atoms in total. The summed E-state index contributed by atoms with van der Waals surface area (Å²) in [6.45, 7) is 1.60. The van der Waals surface area contributed by atoms with Crippen LogP contribution in [0.3, 0.4) is 0 Å². The molecule has 4 rings (SSSR count). The van der Waals surface area contributed by atoms with E-state index in [1.54, 1.807) is 4.90 Å². The van der Waals surface area contributed by atoms with Gasteiger partial charge in [-0.15, -0.1) is 12.4 Å². The van der Waals surface area contributed by atoms with Gasteiger partial charge in [-0.3, -0.25) is 9.59 Å². The Labute approximate surface area is 172 Å². The van der Waals surface area contributed by atoms with Crippen LogP contribution in [0.1, 0.15) is 38.5 Å². The predicted molar refractivity (Wildman–Crippen MR) is 110 cm³/mol. The second-order valence-electron chi connectivity index (χ2n) is 8.15. The minimum absolute atomic E-state index is 0. The van der Waals surface area contributed by atoms with E-state index < -0.39 is 0 Å². The molecule has 2 bridgehead atoms. The molecule has 0 saturated carbocycles. The maximum absolute atomic E-state index is 12.4. The highest BCUT2D eigenvalue weighted by atomic mass is 35.5. The maximum Gasteiger partial charge on any atom is 0.224 e. The van der Waals surface area contributed by atoms with Crippen LogP contribution in [0.5, 0.6) is 5.75 Å². The van der Waals surface area contributed by atoms with Gasteiger partial charge in [0.15, 0.2) is 0 Å². The molecular weight excluding hydrogens is 378 g/mol. The standard InChI is InChI=1S/C21H29N3O3.ClH/c25-20(12-15-10-16-6-7-17(11-15)22-16)23-18-13-21(26)24(14-18)8-9-27-19-4-2-1-3-5-19;/h1-5,15-18,22H,6-14H2,(H,23,25);1H. The summed E-state index contributed by atoms with van der Waals surface area (Å²) >= 11 is 0. The van der Waals surface area contributed by atoms with Gasteiger partial charge in [0.25, 0.3) is 0 Å². The van der Waals surface area contributed by atoms with Crippen molar-refractivity contribution in [1.82, 2.24) is 15.5 Å². The Hall–Kier alpha value is -1.79. The zero-order valence-electron chi connectivity index (χ0n) is 16.1. The van der Waals surface area contributed by atoms with Crippen molar-refractivity contribution >= 4 is 24.2 Å². The van der Waals surface area contributed by atoms with Crippen molar-refractivity contribution in [1.29, 1.82) is 0 Å². The minimum atomic E-state index is -0.0693. The van der Waals surface area contributed by atoms with E-state index in [1.807, 2.05) is 30.3 Å². The summed E-state index contributed by atoms with van der Waals surface area (Å²) in [5.74, 6) is 1.49. The van der Waals surface area contributed by atoms with Crippen LogP contribution in [0.4, 0.5) is 0 Å². The Bertz CT molecular complexity index is 660. The van der Waals surface area contributed by atoms with Gasteiger partial charge in [-0.2, -0.15) is 0 Å². The highest BCUT2D eigenvalue weighted by Gasteiger charge is 2.35. The number of halogens is 1. The molecule has 154 valence electrons. The van der Waals surface area contributed by atoms with Crippen LogP contribution in [0.2, 0.25) is 0 Å². The molecular formula is C21H30ClN3O3. The van der Waals surface area contributed by atoms with Crippen molar-refractivity contribution in [2.45, 2.75) is 56.7 Å². The number of fused-ring (bicyclic) bond motifs is 2. The van der Waals surface area contributed by atoms with Crippen molar-refractivity contribution < 1.29 is 14.3 Å².